The van der Waals surface area contributed by atoms with Gasteiger partial charge < -0.3 is 14.8 Å². The van der Waals surface area contributed by atoms with Crippen molar-refractivity contribution in [1.29, 1.82) is 0 Å². The number of methoxy groups -OCH3 is 2. The lowest BCUT2D eigenvalue weighted by Crippen LogP contribution is -2.14. The summed E-state index contributed by atoms with van der Waals surface area (Å²) in [4.78, 5) is 20.2. The first-order valence-electron chi connectivity index (χ1n) is 9.09. The molecular weight excluding hydrogens is 384 g/mol. The van der Waals surface area contributed by atoms with E-state index in [4.69, 9.17) is 14.5 Å². The number of amides is 1. The molecule has 0 spiro atoms. The highest BCUT2D eigenvalue weighted by atomic mass is 32.1. The van der Waals surface area contributed by atoms with Crippen LogP contribution in [-0.2, 0) is 0 Å². The number of para-hydroxylation sites is 1. The van der Waals surface area contributed by atoms with E-state index in [1.165, 1.54) is 4.88 Å². The molecule has 4 rings (SSSR count). The largest absolute Gasteiger partial charge is 0.497 e. The lowest BCUT2D eigenvalue weighted by atomic mass is 10.1. The number of carbonyl (C=O) groups is 1. The van der Waals surface area contributed by atoms with Crippen LogP contribution in [0, 0.1) is 6.92 Å². The van der Waals surface area contributed by atoms with Crippen LogP contribution in [-0.4, -0.2) is 25.1 Å². The van der Waals surface area contributed by atoms with Gasteiger partial charge in [0.1, 0.15) is 11.5 Å². The zero-order valence-corrected chi connectivity index (χ0v) is 17.2. The Labute approximate surface area is 172 Å². The standard InChI is InChI=1S/C23H20N2O3S/c1-14-8-11-22(29-14)20-13-17(16-6-4-5-7-18(16)24-20)23(26)25-19-12-15(27-2)9-10-21(19)28-3/h4-13H,1-3H3,(H,25,26). The fourth-order valence-corrected chi connectivity index (χ4v) is 3.99. The maximum Gasteiger partial charge on any atom is 0.256 e. The second-order valence-corrected chi connectivity index (χ2v) is 7.79. The number of rotatable bonds is 5. The van der Waals surface area contributed by atoms with Crippen molar-refractivity contribution in [3.05, 3.63) is 71.1 Å². The predicted molar refractivity (Wildman–Crippen MR) is 117 cm³/mol. The Morgan fingerprint density at radius 1 is 1.00 bits per heavy atom. The van der Waals surface area contributed by atoms with E-state index in [1.807, 2.05) is 36.4 Å². The molecule has 0 unspecified atom stereocenters. The quantitative estimate of drug-likeness (QED) is 0.474. The van der Waals surface area contributed by atoms with E-state index in [1.54, 1.807) is 43.8 Å². The average molecular weight is 404 g/mol. The molecule has 4 aromatic rings. The van der Waals surface area contributed by atoms with Crippen molar-refractivity contribution in [2.45, 2.75) is 6.92 Å². The molecule has 2 heterocycles. The number of anilines is 1. The van der Waals surface area contributed by atoms with Gasteiger partial charge in [-0.3, -0.25) is 4.79 Å². The van der Waals surface area contributed by atoms with E-state index < -0.39 is 0 Å². The molecule has 0 saturated heterocycles. The van der Waals surface area contributed by atoms with Crippen LogP contribution >= 0.6 is 11.3 Å². The predicted octanol–water partition coefficient (Wildman–Crippen LogP) is 5.54. The first kappa shape index (κ1) is 19.0. The minimum atomic E-state index is -0.232. The average Bonchev–Trinajstić information content (AvgIpc) is 3.19. The zero-order valence-electron chi connectivity index (χ0n) is 16.4. The number of thiophene rings is 1. The maximum absolute atomic E-state index is 13.3. The van der Waals surface area contributed by atoms with Crippen molar-refractivity contribution in [3.63, 3.8) is 0 Å². The number of carbonyl (C=O) groups excluding carboxylic acids is 1. The molecule has 0 atom stereocenters. The summed E-state index contributed by atoms with van der Waals surface area (Å²) >= 11 is 1.65. The molecule has 0 bridgehead atoms. The van der Waals surface area contributed by atoms with Crippen LogP contribution in [0.25, 0.3) is 21.5 Å². The summed E-state index contributed by atoms with van der Waals surface area (Å²) in [5, 5.41) is 3.76. The third kappa shape index (κ3) is 3.79. The number of fused-ring (bicyclic) bond motifs is 1. The second kappa shape index (κ2) is 7.93. The SMILES string of the molecule is COc1ccc(OC)c(NC(=O)c2cc(-c3ccc(C)s3)nc3ccccc23)c1. The number of aromatic nitrogens is 1. The Hall–Kier alpha value is -3.38. The minimum Gasteiger partial charge on any atom is -0.497 e. The van der Waals surface area contributed by atoms with Gasteiger partial charge in [0.25, 0.3) is 5.91 Å². The molecule has 2 aromatic carbocycles. The number of nitrogens with zero attached hydrogens (tertiary/aromatic N) is 1. The zero-order chi connectivity index (χ0) is 20.4. The van der Waals surface area contributed by atoms with Gasteiger partial charge in [-0.25, -0.2) is 4.98 Å². The molecule has 0 fully saturated rings. The van der Waals surface area contributed by atoms with Gasteiger partial charge in [0.05, 0.1) is 41.6 Å². The first-order chi connectivity index (χ1) is 14.1. The topological polar surface area (TPSA) is 60.5 Å². The van der Waals surface area contributed by atoms with Gasteiger partial charge in [0.15, 0.2) is 0 Å². The smallest absolute Gasteiger partial charge is 0.256 e. The Morgan fingerprint density at radius 2 is 1.83 bits per heavy atom. The molecule has 146 valence electrons. The summed E-state index contributed by atoms with van der Waals surface area (Å²) in [5.74, 6) is 0.965. The van der Waals surface area contributed by atoms with Crippen LogP contribution in [0.3, 0.4) is 0 Å². The number of hydrogen-bond acceptors (Lipinski definition) is 5. The Morgan fingerprint density at radius 3 is 2.55 bits per heavy atom. The third-order valence-corrected chi connectivity index (χ3v) is 5.63. The molecule has 1 N–H and O–H groups in total. The Bertz CT molecular complexity index is 1200. The van der Waals surface area contributed by atoms with Crippen LogP contribution < -0.4 is 14.8 Å². The van der Waals surface area contributed by atoms with Crippen molar-refractivity contribution < 1.29 is 14.3 Å². The number of benzene rings is 2. The van der Waals surface area contributed by atoms with E-state index >= 15 is 0 Å². The van der Waals surface area contributed by atoms with E-state index in [0.29, 0.717) is 22.7 Å². The number of ether oxygens (including phenoxy) is 2. The first-order valence-corrected chi connectivity index (χ1v) is 9.90. The molecule has 5 nitrogen and oxygen atoms in total. The summed E-state index contributed by atoms with van der Waals surface area (Å²) in [7, 11) is 3.15. The Kier molecular flexibility index (Phi) is 5.18. The van der Waals surface area contributed by atoms with Crippen LogP contribution in [0.1, 0.15) is 15.2 Å². The highest BCUT2D eigenvalue weighted by molar-refractivity contribution is 7.15. The Balaban J connectivity index is 1.79. The molecule has 2 aromatic heterocycles. The van der Waals surface area contributed by atoms with Crippen molar-refractivity contribution in [3.8, 4) is 22.1 Å². The van der Waals surface area contributed by atoms with Crippen molar-refractivity contribution >= 4 is 33.8 Å². The monoisotopic (exact) mass is 404 g/mol. The minimum absolute atomic E-state index is 0.232. The fraction of sp³-hybridized carbons (Fsp3) is 0.130. The van der Waals surface area contributed by atoms with Crippen LogP contribution in [0.5, 0.6) is 11.5 Å². The van der Waals surface area contributed by atoms with Gasteiger partial charge in [-0.15, -0.1) is 11.3 Å². The molecule has 0 aliphatic heterocycles. The van der Waals surface area contributed by atoms with Crippen molar-refractivity contribution in [2.75, 3.05) is 19.5 Å². The molecule has 0 aliphatic carbocycles. The number of nitrogens with one attached hydrogen (secondary N) is 1. The molecule has 1 amide bonds. The van der Waals surface area contributed by atoms with Gasteiger partial charge in [0, 0.05) is 16.3 Å². The van der Waals surface area contributed by atoms with E-state index in [0.717, 1.165) is 21.5 Å². The van der Waals surface area contributed by atoms with Gasteiger partial charge >= 0.3 is 0 Å². The maximum atomic E-state index is 13.3. The van der Waals surface area contributed by atoms with Crippen LogP contribution in [0.2, 0.25) is 0 Å². The van der Waals surface area contributed by atoms with Crippen molar-refractivity contribution in [2.24, 2.45) is 0 Å². The molecular formula is C23H20N2O3S. The van der Waals surface area contributed by atoms with E-state index in [9.17, 15) is 4.79 Å². The summed E-state index contributed by atoms with van der Waals surface area (Å²) in [6, 6.07) is 18.9. The molecule has 29 heavy (non-hydrogen) atoms. The lowest BCUT2D eigenvalue weighted by Gasteiger charge is -2.13. The van der Waals surface area contributed by atoms with E-state index in [-0.39, 0.29) is 5.91 Å². The molecule has 0 aliphatic rings. The number of aryl methyl sites for hydroxylation is 1. The summed E-state index contributed by atoms with van der Waals surface area (Å²) in [5.41, 5.74) is 2.66. The summed E-state index contributed by atoms with van der Waals surface area (Å²) in [6.07, 6.45) is 0. The molecule has 0 saturated carbocycles. The summed E-state index contributed by atoms with van der Waals surface area (Å²) in [6.45, 7) is 2.05. The highest BCUT2D eigenvalue weighted by Gasteiger charge is 2.17. The van der Waals surface area contributed by atoms with Crippen LogP contribution in [0.15, 0.2) is 60.7 Å². The molecule has 0 radical (unpaired) electrons. The van der Waals surface area contributed by atoms with Gasteiger partial charge in [0.2, 0.25) is 0 Å². The van der Waals surface area contributed by atoms with E-state index in [2.05, 4.69) is 18.3 Å². The van der Waals surface area contributed by atoms with Gasteiger partial charge in [-0.2, -0.15) is 0 Å². The number of pyridine rings is 1. The van der Waals surface area contributed by atoms with Gasteiger partial charge in [-0.1, -0.05) is 18.2 Å². The lowest BCUT2D eigenvalue weighted by molar-refractivity contribution is 0.102. The third-order valence-electron chi connectivity index (χ3n) is 4.61. The fourth-order valence-electron chi connectivity index (χ4n) is 3.16. The second-order valence-electron chi connectivity index (χ2n) is 6.50. The number of hydrogen-bond donors (Lipinski definition) is 1. The highest BCUT2D eigenvalue weighted by Crippen LogP contribution is 2.32. The normalized spacial score (nSPS) is 10.7. The molecule has 6 heteroatoms. The van der Waals surface area contributed by atoms with Crippen molar-refractivity contribution in [1.82, 2.24) is 4.98 Å². The van der Waals surface area contributed by atoms with Crippen LogP contribution in [0.4, 0.5) is 5.69 Å². The summed E-state index contributed by atoms with van der Waals surface area (Å²) < 4.78 is 10.7. The van der Waals surface area contributed by atoms with Gasteiger partial charge in [-0.05, 0) is 43.3 Å².